The van der Waals surface area contributed by atoms with Crippen molar-refractivity contribution in [3.8, 4) is 0 Å². The number of hydrogen-bond donors (Lipinski definition) is 3. The molecule has 3 rings (SSSR count). The van der Waals surface area contributed by atoms with Gasteiger partial charge in [-0.05, 0) is 29.8 Å². The Hall–Kier alpha value is -1.84. The van der Waals surface area contributed by atoms with Crippen molar-refractivity contribution in [1.82, 2.24) is 10.0 Å². The van der Waals surface area contributed by atoms with Gasteiger partial charge in [-0.25, -0.2) is 17.5 Å². The van der Waals surface area contributed by atoms with Crippen LogP contribution in [0.5, 0.6) is 0 Å². The molecule has 2 aromatic carbocycles. The van der Waals surface area contributed by atoms with Crippen LogP contribution in [0.2, 0.25) is 0 Å². The predicted octanol–water partition coefficient (Wildman–Crippen LogP) is 1.02. The zero-order valence-corrected chi connectivity index (χ0v) is 14.8. The maximum absolute atomic E-state index is 12.9. The van der Waals surface area contributed by atoms with E-state index in [2.05, 4.69) is 10.0 Å². The van der Waals surface area contributed by atoms with Crippen LogP contribution in [-0.4, -0.2) is 44.9 Å². The highest BCUT2D eigenvalue weighted by atomic mass is 32.2. The van der Waals surface area contributed by atoms with E-state index in [1.165, 1.54) is 24.3 Å². The lowest BCUT2D eigenvalue weighted by atomic mass is 10.1. The molecule has 0 unspecified atom stereocenters. The first kappa shape index (κ1) is 18.9. The molecule has 1 aliphatic heterocycles. The number of halogens is 1. The zero-order valence-electron chi connectivity index (χ0n) is 14.0. The highest BCUT2D eigenvalue weighted by Crippen LogP contribution is 2.16. The fraction of sp³-hybridized carbons (Fsp3) is 0.333. The molecule has 0 saturated carbocycles. The summed E-state index contributed by atoms with van der Waals surface area (Å²) in [6.07, 6.45) is -1.49. The first-order valence-electron chi connectivity index (χ1n) is 8.28. The molecule has 1 heterocycles. The number of ether oxygens (including phenoxy) is 1. The number of hydrogen-bond acceptors (Lipinski definition) is 5. The second kappa shape index (κ2) is 8.24. The molecule has 26 heavy (non-hydrogen) atoms. The van der Waals surface area contributed by atoms with Crippen LogP contribution >= 0.6 is 0 Å². The second-order valence-corrected chi connectivity index (χ2v) is 7.91. The molecule has 6 nitrogen and oxygen atoms in total. The standard InChI is InChI=1S/C18H21FN2O4S/c19-14-8-6-13(7-9-14)10-20-16-12-25-17(18(16)22)11-21-26(23,24)15-4-2-1-3-5-15/h1-9,16-18,20-22H,10-12H2/t16-,17-,18+/m1/s1. The Kier molecular flexibility index (Phi) is 6.00. The molecule has 0 spiro atoms. The number of aliphatic hydroxyl groups excluding tert-OH is 1. The quantitative estimate of drug-likeness (QED) is 0.668. The van der Waals surface area contributed by atoms with Gasteiger partial charge in [0.25, 0.3) is 0 Å². The molecule has 140 valence electrons. The highest BCUT2D eigenvalue weighted by Gasteiger charge is 2.36. The SMILES string of the molecule is O=S(=O)(NC[C@H]1OC[C@@H](NCc2ccc(F)cc2)[C@@H]1O)c1ccccc1. The molecule has 0 aliphatic carbocycles. The Balaban J connectivity index is 1.51. The molecule has 1 aliphatic rings. The lowest BCUT2D eigenvalue weighted by Crippen LogP contribution is -2.44. The summed E-state index contributed by atoms with van der Waals surface area (Å²) in [5.41, 5.74) is 0.881. The predicted molar refractivity (Wildman–Crippen MR) is 94.4 cm³/mol. The van der Waals surface area contributed by atoms with Gasteiger partial charge in [0.05, 0.1) is 29.8 Å². The van der Waals surface area contributed by atoms with Crippen LogP contribution in [0.3, 0.4) is 0 Å². The summed E-state index contributed by atoms with van der Waals surface area (Å²) in [5.74, 6) is -0.302. The van der Waals surface area contributed by atoms with Gasteiger partial charge in [0.15, 0.2) is 0 Å². The van der Waals surface area contributed by atoms with E-state index >= 15 is 0 Å². The molecule has 3 N–H and O–H groups in total. The van der Waals surface area contributed by atoms with Crippen molar-refractivity contribution >= 4 is 10.0 Å². The van der Waals surface area contributed by atoms with Gasteiger partial charge in [0, 0.05) is 13.1 Å². The molecular weight excluding hydrogens is 359 g/mol. The van der Waals surface area contributed by atoms with E-state index in [1.807, 2.05) is 0 Å². The van der Waals surface area contributed by atoms with Gasteiger partial charge >= 0.3 is 0 Å². The highest BCUT2D eigenvalue weighted by molar-refractivity contribution is 7.89. The van der Waals surface area contributed by atoms with E-state index in [0.717, 1.165) is 5.56 Å². The fourth-order valence-electron chi connectivity index (χ4n) is 2.77. The average molecular weight is 380 g/mol. The van der Waals surface area contributed by atoms with Crippen molar-refractivity contribution < 1.29 is 22.7 Å². The van der Waals surface area contributed by atoms with Crippen LogP contribution in [0.25, 0.3) is 0 Å². The van der Waals surface area contributed by atoms with Crippen LogP contribution < -0.4 is 10.0 Å². The fourth-order valence-corrected chi connectivity index (χ4v) is 3.83. The lowest BCUT2D eigenvalue weighted by Gasteiger charge is -2.19. The summed E-state index contributed by atoms with van der Waals surface area (Å²) in [5, 5.41) is 13.5. The normalized spacial score (nSPS) is 23.2. The third kappa shape index (κ3) is 4.66. The number of sulfonamides is 1. The van der Waals surface area contributed by atoms with Crippen LogP contribution in [0.4, 0.5) is 4.39 Å². The van der Waals surface area contributed by atoms with Crippen LogP contribution in [0.15, 0.2) is 59.5 Å². The number of aliphatic hydroxyl groups is 1. The van der Waals surface area contributed by atoms with Crippen LogP contribution in [0.1, 0.15) is 5.56 Å². The van der Waals surface area contributed by atoms with Gasteiger partial charge in [-0.1, -0.05) is 30.3 Å². The first-order chi connectivity index (χ1) is 12.5. The third-order valence-electron chi connectivity index (χ3n) is 4.29. The molecular formula is C18H21FN2O4S. The molecule has 2 aromatic rings. The molecule has 0 amide bonds. The zero-order chi connectivity index (χ0) is 18.6. The van der Waals surface area contributed by atoms with Gasteiger partial charge in [-0.2, -0.15) is 0 Å². The minimum Gasteiger partial charge on any atom is -0.389 e. The average Bonchev–Trinajstić information content (AvgIpc) is 3.00. The van der Waals surface area contributed by atoms with Crippen molar-refractivity contribution in [1.29, 1.82) is 0 Å². The molecule has 1 saturated heterocycles. The second-order valence-electron chi connectivity index (χ2n) is 6.14. The van der Waals surface area contributed by atoms with Crippen molar-refractivity contribution in [2.45, 2.75) is 29.7 Å². The van der Waals surface area contributed by atoms with Crippen molar-refractivity contribution in [2.75, 3.05) is 13.2 Å². The topological polar surface area (TPSA) is 87.7 Å². The van der Waals surface area contributed by atoms with Gasteiger partial charge in [-0.15, -0.1) is 0 Å². The van der Waals surface area contributed by atoms with Gasteiger partial charge in [0.1, 0.15) is 5.82 Å². The van der Waals surface area contributed by atoms with Crippen molar-refractivity contribution in [2.24, 2.45) is 0 Å². The van der Waals surface area contributed by atoms with Crippen molar-refractivity contribution in [3.05, 3.63) is 66.0 Å². The molecule has 8 heteroatoms. The molecule has 1 fully saturated rings. The number of nitrogens with one attached hydrogen (secondary N) is 2. The Morgan fingerprint density at radius 2 is 1.81 bits per heavy atom. The maximum Gasteiger partial charge on any atom is 0.240 e. The number of rotatable bonds is 7. The molecule has 0 radical (unpaired) electrons. The summed E-state index contributed by atoms with van der Waals surface area (Å²) in [4.78, 5) is 0.165. The van der Waals surface area contributed by atoms with E-state index in [9.17, 15) is 17.9 Å². The van der Waals surface area contributed by atoms with E-state index in [4.69, 9.17) is 4.74 Å². The van der Waals surface area contributed by atoms with E-state index < -0.39 is 22.2 Å². The first-order valence-corrected chi connectivity index (χ1v) is 9.76. The van der Waals surface area contributed by atoms with Gasteiger partial charge in [0.2, 0.25) is 10.0 Å². The molecule has 0 aromatic heterocycles. The smallest absolute Gasteiger partial charge is 0.240 e. The largest absolute Gasteiger partial charge is 0.389 e. The summed E-state index contributed by atoms with van der Waals surface area (Å²) < 4.78 is 45.3. The van der Waals surface area contributed by atoms with E-state index in [-0.39, 0.29) is 29.9 Å². The van der Waals surface area contributed by atoms with Gasteiger partial charge in [-0.3, -0.25) is 0 Å². The lowest BCUT2D eigenvalue weighted by molar-refractivity contribution is 0.0443. The van der Waals surface area contributed by atoms with Crippen LogP contribution in [0, 0.1) is 5.82 Å². The number of benzene rings is 2. The van der Waals surface area contributed by atoms with Gasteiger partial charge < -0.3 is 15.2 Å². The monoisotopic (exact) mass is 380 g/mol. The Morgan fingerprint density at radius 1 is 1.12 bits per heavy atom. The Labute approximate surface area is 152 Å². The third-order valence-corrected chi connectivity index (χ3v) is 5.73. The van der Waals surface area contributed by atoms with Crippen LogP contribution in [-0.2, 0) is 21.3 Å². The van der Waals surface area contributed by atoms with E-state index in [0.29, 0.717) is 6.54 Å². The minimum absolute atomic E-state index is 0.0207. The summed E-state index contributed by atoms with van der Waals surface area (Å²) in [6.45, 7) is 0.695. The minimum atomic E-state index is -3.65. The Morgan fingerprint density at radius 3 is 2.50 bits per heavy atom. The summed E-state index contributed by atoms with van der Waals surface area (Å²) >= 11 is 0. The summed E-state index contributed by atoms with van der Waals surface area (Å²) in [6, 6.07) is 13.8. The van der Waals surface area contributed by atoms with Crippen molar-refractivity contribution in [3.63, 3.8) is 0 Å². The Bertz CT molecular complexity index is 815. The maximum atomic E-state index is 12.9. The molecule has 0 bridgehead atoms. The molecule has 3 atom stereocenters. The van der Waals surface area contributed by atoms with E-state index in [1.54, 1.807) is 30.3 Å². The summed E-state index contributed by atoms with van der Waals surface area (Å²) in [7, 11) is -3.65.